The summed E-state index contributed by atoms with van der Waals surface area (Å²) in [6, 6.07) is 15.5. The largest absolute Gasteiger partial charge is 0.497 e. The van der Waals surface area contributed by atoms with Crippen LogP contribution < -0.4 is 4.74 Å². The molecule has 0 heterocycles. The highest BCUT2D eigenvalue weighted by Gasteiger charge is 2.22. The van der Waals surface area contributed by atoms with E-state index < -0.39 is 0 Å². The Bertz CT molecular complexity index is 758. The third-order valence-corrected chi connectivity index (χ3v) is 4.49. The van der Waals surface area contributed by atoms with Gasteiger partial charge in [0.2, 0.25) is 0 Å². The number of benzene rings is 2. The van der Waals surface area contributed by atoms with Crippen LogP contribution in [0, 0.1) is 6.42 Å². The zero-order valence-corrected chi connectivity index (χ0v) is 14.7. The van der Waals surface area contributed by atoms with Crippen LogP contribution in [0.1, 0.15) is 11.1 Å². The van der Waals surface area contributed by atoms with Gasteiger partial charge >= 0.3 is 0 Å². The second-order valence-corrected chi connectivity index (χ2v) is 6.50. The zero-order valence-electron chi connectivity index (χ0n) is 12.4. The van der Waals surface area contributed by atoms with Gasteiger partial charge in [0.15, 0.2) is 0 Å². The Balaban J connectivity index is 2.08. The minimum atomic E-state index is -0.241. The van der Waals surface area contributed by atoms with Gasteiger partial charge in [-0.2, -0.15) is 0 Å². The normalized spacial score (nSPS) is 17.9. The number of hydrogen-bond donors (Lipinski definition) is 0. The molecular formula is C19H14Cl3O. The fraction of sp³-hybridized carbons (Fsp3) is 0.105. The van der Waals surface area contributed by atoms with Crippen LogP contribution in [0.4, 0.5) is 0 Å². The standard InChI is InChI=1S/C19H14Cl3O/c1-23-16-8-4-13(5-9-16)19-17(10-15(21)11-18(19)22)12-2-6-14(20)7-3-12/h2-11,15H,1H3. The SMILES string of the molecule is COc1ccc(C2=C(Cl)[CH]C(Cl)C=C2c2ccc(Cl)cc2)cc1. The number of allylic oxidation sites excluding steroid dienone is 4. The predicted octanol–water partition coefficient (Wildman–Crippen LogP) is 6.21. The summed E-state index contributed by atoms with van der Waals surface area (Å²) in [4.78, 5) is 0. The maximum Gasteiger partial charge on any atom is 0.118 e. The second-order valence-electron chi connectivity index (χ2n) is 5.15. The molecule has 3 rings (SSSR count). The summed E-state index contributed by atoms with van der Waals surface area (Å²) in [5.41, 5.74) is 3.99. The van der Waals surface area contributed by atoms with Crippen molar-refractivity contribution in [2.45, 2.75) is 5.38 Å². The summed E-state index contributed by atoms with van der Waals surface area (Å²) < 4.78 is 5.22. The van der Waals surface area contributed by atoms with Gasteiger partial charge in [-0.1, -0.05) is 53.5 Å². The molecule has 4 heteroatoms. The fourth-order valence-corrected chi connectivity index (χ4v) is 3.35. The molecule has 0 N–H and O–H groups in total. The van der Waals surface area contributed by atoms with Crippen molar-refractivity contribution in [1.82, 2.24) is 0 Å². The van der Waals surface area contributed by atoms with Crippen molar-refractivity contribution in [3.05, 3.63) is 82.2 Å². The van der Waals surface area contributed by atoms with E-state index in [0.717, 1.165) is 28.0 Å². The molecule has 0 bridgehead atoms. The second kappa shape index (κ2) is 7.00. The van der Waals surface area contributed by atoms with Gasteiger partial charge < -0.3 is 4.74 Å². The van der Waals surface area contributed by atoms with Crippen molar-refractivity contribution in [1.29, 1.82) is 0 Å². The van der Waals surface area contributed by atoms with E-state index in [-0.39, 0.29) is 5.38 Å². The highest BCUT2D eigenvalue weighted by Crippen LogP contribution is 2.42. The van der Waals surface area contributed by atoms with Crippen molar-refractivity contribution in [3.8, 4) is 5.75 Å². The molecule has 1 aliphatic rings. The van der Waals surface area contributed by atoms with Crippen LogP contribution in [0.2, 0.25) is 5.02 Å². The molecule has 1 nitrogen and oxygen atoms in total. The van der Waals surface area contributed by atoms with Crippen LogP contribution in [0.3, 0.4) is 0 Å². The van der Waals surface area contributed by atoms with Crippen molar-refractivity contribution < 1.29 is 4.74 Å². The first-order valence-electron chi connectivity index (χ1n) is 7.10. The fourth-order valence-electron chi connectivity index (χ4n) is 2.56. The number of rotatable bonds is 3. The lowest BCUT2D eigenvalue weighted by Gasteiger charge is -2.22. The molecule has 0 fully saturated rings. The molecule has 0 amide bonds. The average molecular weight is 365 g/mol. The topological polar surface area (TPSA) is 9.23 Å². The quantitative estimate of drug-likeness (QED) is 0.588. The number of halogens is 3. The lowest BCUT2D eigenvalue weighted by atomic mass is 9.87. The van der Waals surface area contributed by atoms with E-state index in [1.807, 2.05) is 61.0 Å². The molecule has 1 unspecified atom stereocenters. The van der Waals surface area contributed by atoms with Crippen LogP contribution in [-0.2, 0) is 0 Å². The van der Waals surface area contributed by atoms with E-state index in [2.05, 4.69) is 0 Å². The van der Waals surface area contributed by atoms with E-state index >= 15 is 0 Å². The molecule has 1 aliphatic carbocycles. The first-order chi connectivity index (χ1) is 11.1. The molecule has 0 aromatic heterocycles. The summed E-state index contributed by atoms with van der Waals surface area (Å²) in [6.07, 6.45) is 3.83. The van der Waals surface area contributed by atoms with Gasteiger partial charge in [-0.3, -0.25) is 0 Å². The van der Waals surface area contributed by atoms with Gasteiger partial charge in [0, 0.05) is 22.0 Å². The average Bonchev–Trinajstić information content (AvgIpc) is 2.55. The summed E-state index contributed by atoms with van der Waals surface area (Å²) in [7, 11) is 1.65. The molecular weight excluding hydrogens is 351 g/mol. The van der Waals surface area contributed by atoms with Gasteiger partial charge in [-0.25, -0.2) is 0 Å². The van der Waals surface area contributed by atoms with Crippen molar-refractivity contribution >= 4 is 45.9 Å². The smallest absolute Gasteiger partial charge is 0.118 e. The maximum atomic E-state index is 6.50. The van der Waals surface area contributed by atoms with Crippen molar-refractivity contribution in [2.75, 3.05) is 7.11 Å². The lowest BCUT2D eigenvalue weighted by molar-refractivity contribution is 0.415. The number of methoxy groups -OCH3 is 1. The molecule has 1 radical (unpaired) electrons. The molecule has 1 atom stereocenters. The molecule has 0 saturated heterocycles. The summed E-state index contributed by atoms with van der Waals surface area (Å²) >= 11 is 18.8. The first-order valence-corrected chi connectivity index (χ1v) is 8.29. The zero-order chi connectivity index (χ0) is 16.4. The van der Waals surface area contributed by atoms with Crippen LogP contribution >= 0.6 is 34.8 Å². The van der Waals surface area contributed by atoms with Crippen molar-refractivity contribution in [2.24, 2.45) is 0 Å². The summed E-state index contributed by atoms with van der Waals surface area (Å²) in [5.74, 6) is 0.803. The van der Waals surface area contributed by atoms with E-state index in [0.29, 0.717) is 10.1 Å². The third kappa shape index (κ3) is 3.58. The summed E-state index contributed by atoms with van der Waals surface area (Å²) in [5, 5.41) is 1.10. The Labute approximate surface area is 151 Å². The van der Waals surface area contributed by atoms with E-state index in [1.165, 1.54) is 0 Å². The number of alkyl halides is 1. The monoisotopic (exact) mass is 363 g/mol. The molecule has 2 aromatic carbocycles. The molecule has 0 aliphatic heterocycles. The minimum Gasteiger partial charge on any atom is -0.497 e. The molecule has 117 valence electrons. The predicted molar refractivity (Wildman–Crippen MR) is 99.1 cm³/mol. The van der Waals surface area contributed by atoms with Crippen LogP contribution in [0.15, 0.2) is 59.6 Å². The Morgan fingerprint density at radius 1 is 0.870 bits per heavy atom. The Kier molecular flexibility index (Phi) is 5.01. The maximum absolute atomic E-state index is 6.50. The minimum absolute atomic E-state index is 0.241. The number of hydrogen-bond acceptors (Lipinski definition) is 1. The van der Waals surface area contributed by atoms with Gasteiger partial charge in [-0.05, 0) is 41.0 Å². The van der Waals surface area contributed by atoms with Gasteiger partial charge in [0.25, 0.3) is 0 Å². The van der Waals surface area contributed by atoms with E-state index in [4.69, 9.17) is 39.5 Å². The van der Waals surface area contributed by atoms with E-state index in [9.17, 15) is 0 Å². The Morgan fingerprint density at radius 2 is 1.48 bits per heavy atom. The van der Waals surface area contributed by atoms with E-state index in [1.54, 1.807) is 7.11 Å². The number of ether oxygens (including phenoxy) is 1. The van der Waals surface area contributed by atoms with Gasteiger partial charge in [0.05, 0.1) is 12.5 Å². The molecule has 0 spiro atoms. The summed E-state index contributed by atoms with van der Waals surface area (Å²) in [6.45, 7) is 0. The molecule has 2 aromatic rings. The Hall–Kier alpha value is -1.41. The molecule has 23 heavy (non-hydrogen) atoms. The van der Waals surface area contributed by atoms with Crippen molar-refractivity contribution in [3.63, 3.8) is 0 Å². The molecule has 0 saturated carbocycles. The van der Waals surface area contributed by atoms with Gasteiger partial charge in [0.1, 0.15) is 5.75 Å². The van der Waals surface area contributed by atoms with Gasteiger partial charge in [-0.15, -0.1) is 11.6 Å². The highest BCUT2D eigenvalue weighted by atomic mass is 35.5. The highest BCUT2D eigenvalue weighted by molar-refractivity contribution is 6.39. The lowest BCUT2D eigenvalue weighted by Crippen LogP contribution is -2.07. The van der Waals surface area contributed by atoms with Crippen LogP contribution in [-0.4, -0.2) is 12.5 Å². The first kappa shape index (κ1) is 16.4. The van der Waals surface area contributed by atoms with Crippen LogP contribution in [0.5, 0.6) is 5.75 Å². The van der Waals surface area contributed by atoms with Crippen LogP contribution in [0.25, 0.3) is 11.1 Å². The third-order valence-electron chi connectivity index (χ3n) is 3.67. The Morgan fingerprint density at radius 3 is 2.09 bits per heavy atom.